The molecule has 112 valence electrons. The van der Waals surface area contributed by atoms with Gasteiger partial charge in [0.1, 0.15) is 0 Å². The van der Waals surface area contributed by atoms with E-state index in [1.165, 1.54) is 38.5 Å². The minimum atomic E-state index is 0.104. The molecule has 4 heteroatoms. The zero-order valence-corrected chi connectivity index (χ0v) is 12.5. The van der Waals surface area contributed by atoms with E-state index in [0.29, 0.717) is 25.7 Å². The van der Waals surface area contributed by atoms with Gasteiger partial charge >= 0.3 is 0 Å². The minimum absolute atomic E-state index is 0.104. The van der Waals surface area contributed by atoms with Gasteiger partial charge in [-0.05, 0) is 38.0 Å². The molecule has 2 N–H and O–H groups in total. The Morgan fingerprint density at radius 2 is 2.00 bits per heavy atom. The van der Waals surface area contributed by atoms with Gasteiger partial charge < -0.3 is 15.4 Å². The molecule has 0 bridgehead atoms. The summed E-state index contributed by atoms with van der Waals surface area (Å²) >= 11 is 0. The summed E-state index contributed by atoms with van der Waals surface area (Å²) in [6.07, 6.45) is 8.63. The molecule has 0 aliphatic heterocycles. The summed E-state index contributed by atoms with van der Waals surface area (Å²) in [5.74, 6) is 1.03. The van der Waals surface area contributed by atoms with E-state index < -0.39 is 0 Å². The van der Waals surface area contributed by atoms with Gasteiger partial charge in [0.2, 0.25) is 5.91 Å². The van der Waals surface area contributed by atoms with E-state index >= 15 is 0 Å². The van der Waals surface area contributed by atoms with E-state index in [0.717, 1.165) is 12.3 Å². The van der Waals surface area contributed by atoms with Crippen LogP contribution in [0.5, 0.6) is 0 Å². The SMILES string of the molecule is CCCC1CCC(NCC(=O)NCCCOC)CC1. The normalized spacial score (nSPS) is 23.3. The van der Waals surface area contributed by atoms with Gasteiger partial charge in [0.05, 0.1) is 6.54 Å². The van der Waals surface area contributed by atoms with Crippen molar-refractivity contribution >= 4 is 5.91 Å². The van der Waals surface area contributed by atoms with E-state index in [-0.39, 0.29) is 5.91 Å². The van der Waals surface area contributed by atoms with Gasteiger partial charge in [-0.2, -0.15) is 0 Å². The fraction of sp³-hybridized carbons (Fsp3) is 0.933. The lowest BCUT2D eigenvalue weighted by Crippen LogP contribution is -2.41. The molecule has 4 nitrogen and oxygen atoms in total. The molecule has 1 fully saturated rings. The molecule has 1 saturated carbocycles. The molecule has 0 aromatic heterocycles. The topological polar surface area (TPSA) is 50.4 Å². The predicted octanol–water partition coefficient (Wildman–Crippen LogP) is 2.09. The summed E-state index contributed by atoms with van der Waals surface area (Å²) in [6.45, 7) is 4.13. The average molecular weight is 270 g/mol. The zero-order chi connectivity index (χ0) is 13.9. The van der Waals surface area contributed by atoms with Gasteiger partial charge in [0.15, 0.2) is 0 Å². The lowest BCUT2D eigenvalue weighted by atomic mass is 9.83. The second-order valence-electron chi connectivity index (χ2n) is 5.58. The highest BCUT2D eigenvalue weighted by molar-refractivity contribution is 5.77. The first-order valence-corrected chi connectivity index (χ1v) is 7.75. The fourth-order valence-electron chi connectivity index (χ4n) is 2.81. The molecule has 0 unspecified atom stereocenters. The molecule has 1 aliphatic rings. The molecule has 0 spiro atoms. The summed E-state index contributed by atoms with van der Waals surface area (Å²) in [6, 6.07) is 0.540. The molecule has 0 heterocycles. The Morgan fingerprint density at radius 1 is 1.26 bits per heavy atom. The van der Waals surface area contributed by atoms with Crippen LogP contribution < -0.4 is 10.6 Å². The van der Waals surface area contributed by atoms with Crippen molar-refractivity contribution in [2.75, 3.05) is 26.8 Å². The lowest BCUT2D eigenvalue weighted by Gasteiger charge is -2.28. The number of carbonyl (C=O) groups excluding carboxylic acids is 1. The van der Waals surface area contributed by atoms with E-state index in [1.54, 1.807) is 7.11 Å². The van der Waals surface area contributed by atoms with Crippen LogP contribution in [-0.2, 0) is 9.53 Å². The number of carbonyl (C=O) groups is 1. The van der Waals surface area contributed by atoms with Crippen LogP contribution in [0.1, 0.15) is 51.9 Å². The van der Waals surface area contributed by atoms with Crippen molar-refractivity contribution in [3.05, 3.63) is 0 Å². The molecular formula is C15H30N2O2. The predicted molar refractivity (Wildman–Crippen MR) is 78.2 cm³/mol. The first kappa shape index (κ1) is 16.4. The highest BCUT2D eigenvalue weighted by Crippen LogP contribution is 2.27. The van der Waals surface area contributed by atoms with Gasteiger partial charge in [-0.25, -0.2) is 0 Å². The van der Waals surface area contributed by atoms with Crippen molar-refractivity contribution in [1.29, 1.82) is 0 Å². The highest BCUT2D eigenvalue weighted by Gasteiger charge is 2.20. The molecule has 1 rings (SSSR count). The van der Waals surface area contributed by atoms with Gasteiger partial charge in [-0.1, -0.05) is 19.8 Å². The second kappa shape index (κ2) is 10.2. The van der Waals surface area contributed by atoms with Gasteiger partial charge in [-0.15, -0.1) is 0 Å². The number of nitrogens with one attached hydrogen (secondary N) is 2. The van der Waals surface area contributed by atoms with Crippen LogP contribution in [0.3, 0.4) is 0 Å². The standard InChI is InChI=1S/C15H30N2O2/c1-3-5-13-6-8-14(9-7-13)17-12-15(18)16-10-4-11-19-2/h13-14,17H,3-12H2,1-2H3,(H,16,18). The Kier molecular flexibility index (Phi) is 8.84. The number of rotatable bonds is 9. The van der Waals surface area contributed by atoms with Gasteiger partial charge in [0.25, 0.3) is 0 Å². The summed E-state index contributed by atoms with van der Waals surface area (Å²) in [7, 11) is 1.68. The summed E-state index contributed by atoms with van der Waals surface area (Å²) in [4.78, 5) is 11.6. The number of amides is 1. The summed E-state index contributed by atoms with van der Waals surface area (Å²) < 4.78 is 4.94. The van der Waals surface area contributed by atoms with E-state index in [2.05, 4.69) is 17.6 Å². The van der Waals surface area contributed by atoms with Crippen LogP contribution in [0.4, 0.5) is 0 Å². The maximum Gasteiger partial charge on any atom is 0.233 e. The van der Waals surface area contributed by atoms with Crippen LogP contribution in [0.25, 0.3) is 0 Å². The maximum absolute atomic E-state index is 11.6. The highest BCUT2D eigenvalue weighted by atomic mass is 16.5. The second-order valence-corrected chi connectivity index (χ2v) is 5.58. The van der Waals surface area contributed by atoms with E-state index in [4.69, 9.17) is 4.74 Å². The van der Waals surface area contributed by atoms with Crippen LogP contribution in [-0.4, -0.2) is 38.8 Å². The molecule has 1 aliphatic carbocycles. The minimum Gasteiger partial charge on any atom is -0.385 e. The molecular weight excluding hydrogens is 240 g/mol. The molecule has 0 saturated heterocycles. The monoisotopic (exact) mass is 270 g/mol. The summed E-state index contributed by atoms with van der Waals surface area (Å²) in [5, 5.41) is 6.29. The third-order valence-electron chi connectivity index (χ3n) is 3.94. The number of ether oxygens (including phenoxy) is 1. The Hall–Kier alpha value is -0.610. The molecule has 19 heavy (non-hydrogen) atoms. The van der Waals surface area contributed by atoms with Crippen molar-refractivity contribution in [2.45, 2.75) is 57.9 Å². The average Bonchev–Trinajstić information content (AvgIpc) is 2.43. The molecule has 0 aromatic carbocycles. The molecule has 0 aromatic rings. The zero-order valence-electron chi connectivity index (χ0n) is 12.5. The van der Waals surface area contributed by atoms with Crippen molar-refractivity contribution in [3.63, 3.8) is 0 Å². The van der Waals surface area contributed by atoms with Crippen LogP contribution in [0.15, 0.2) is 0 Å². The van der Waals surface area contributed by atoms with E-state index in [9.17, 15) is 4.79 Å². The largest absolute Gasteiger partial charge is 0.385 e. The Labute approximate surface area is 117 Å². The van der Waals surface area contributed by atoms with Crippen LogP contribution >= 0.6 is 0 Å². The third kappa shape index (κ3) is 7.53. The number of methoxy groups -OCH3 is 1. The van der Waals surface area contributed by atoms with Crippen molar-refractivity contribution < 1.29 is 9.53 Å². The van der Waals surface area contributed by atoms with E-state index in [1.807, 2.05) is 0 Å². The summed E-state index contributed by atoms with van der Waals surface area (Å²) in [5.41, 5.74) is 0. The number of hydrogen-bond donors (Lipinski definition) is 2. The number of hydrogen-bond acceptors (Lipinski definition) is 3. The Morgan fingerprint density at radius 3 is 2.63 bits per heavy atom. The molecule has 0 atom stereocenters. The first-order chi connectivity index (χ1) is 9.26. The smallest absolute Gasteiger partial charge is 0.233 e. The van der Waals surface area contributed by atoms with Gasteiger partial charge in [-0.3, -0.25) is 4.79 Å². The van der Waals surface area contributed by atoms with Crippen LogP contribution in [0, 0.1) is 5.92 Å². The Bertz CT molecular complexity index is 238. The maximum atomic E-state index is 11.6. The first-order valence-electron chi connectivity index (χ1n) is 7.75. The van der Waals surface area contributed by atoms with Crippen molar-refractivity contribution in [2.24, 2.45) is 5.92 Å². The van der Waals surface area contributed by atoms with Gasteiger partial charge in [0, 0.05) is 26.3 Å². The fourth-order valence-corrected chi connectivity index (χ4v) is 2.81. The Balaban J connectivity index is 2.02. The molecule has 1 amide bonds. The van der Waals surface area contributed by atoms with Crippen molar-refractivity contribution in [1.82, 2.24) is 10.6 Å². The lowest BCUT2D eigenvalue weighted by molar-refractivity contribution is -0.120. The quantitative estimate of drug-likeness (QED) is 0.631. The third-order valence-corrected chi connectivity index (χ3v) is 3.94. The van der Waals surface area contributed by atoms with Crippen molar-refractivity contribution in [3.8, 4) is 0 Å². The molecule has 0 radical (unpaired) electrons. The van der Waals surface area contributed by atoms with Crippen LogP contribution in [0.2, 0.25) is 0 Å².